The van der Waals surface area contributed by atoms with Gasteiger partial charge in [0.25, 0.3) is 0 Å². The Kier molecular flexibility index (Phi) is 11.1. The van der Waals surface area contributed by atoms with Crippen molar-refractivity contribution >= 4 is 11.9 Å². The number of carbonyl (C=O) groups excluding carboxylic acids is 1. The average Bonchev–Trinajstić information content (AvgIpc) is 2.34. The van der Waals surface area contributed by atoms with E-state index in [9.17, 15) is 9.59 Å². The van der Waals surface area contributed by atoms with Crippen LogP contribution in [0.2, 0.25) is 0 Å². The second-order valence-electron chi connectivity index (χ2n) is 3.57. The summed E-state index contributed by atoms with van der Waals surface area (Å²) >= 11 is 0. The third-order valence-electron chi connectivity index (χ3n) is 2.01. The first-order chi connectivity index (χ1) is 8.66. The Balaban J connectivity index is 3.25. The smallest absolute Gasteiger partial charge is 0.328 e. The Hall–Kier alpha value is -1.44. The third-order valence-corrected chi connectivity index (χ3v) is 2.01. The van der Waals surface area contributed by atoms with Crippen LogP contribution in [0.4, 0.5) is 0 Å². The molecule has 0 aliphatic heterocycles. The van der Waals surface area contributed by atoms with Gasteiger partial charge in [0.2, 0.25) is 5.91 Å². The van der Waals surface area contributed by atoms with E-state index in [2.05, 4.69) is 21.3 Å². The van der Waals surface area contributed by atoms with Crippen molar-refractivity contribution in [1.29, 1.82) is 0 Å². The first kappa shape index (κ1) is 16.6. The lowest BCUT2D eigenvalue weighted by molar-refractivity contribution is -0.131. The van der Waals surface area contributed by atoms with E-state index in [1.165, 1.54) is 0 Å². The van der Waals surface area contributed by atoms with Gasteiger partial charge in [0, 0.05) is 51.4 Å². The van der Waals surface area contributed by atoms with Crippen LogP contribution >= 0.6 is 0 Å². The molecule has 0 bridgehead atoms. The molecule has 0 spiro atoms. The van der Waals surface area contributed by atoms with Crippen molar-refractivity contribution < 1.29 is 14.7 Å². The number of carboxylic acid groups (broad SMARTS) is 1. The summed E-state index contributed by atoms with van der Waals surface area (Å²) in [5, 5.41) is 20.3. The molecule has 1 amide bonds. The van der Waals surface area contributed by atoms with Gasteiger partial charge >= 0.3 is 5.97 Å². The standard InChI is InChI=1S/C11H22N4O3/c1-12-4-5-13-6-7-14-8-9-15-10(16)2-3-11(17)18/h2-3,12-14H,4-9H2,1H3,(H,15,16)(H,17,18)/b3-2+. The molecule has 18 heavy (non-hydrogen) atoms. The normalized spacial score (nSPS) is 10.7. The first-order valence-electron chi connectivity index (χ1n) is 5.91. The fourth-order valence-corrected chi connectivity index (χ4v) is 1.12. The zero-order chi connectivity index (χ0) is 13.6. The predicted molar refractivity (Wildman–Crippen MR) is 69.5 cm³/mol. The van der Waals surface area contributed by atoms with Crippen molar-refractivity contribution in [1.82, 2.24) is 21.3 Å². The molecule has 0 unspecified atom stereocenters. The molecule has 0 aliphatic carbocycles. The van der Waals surface area contributed by atoms with E-state index in [4.69, 9.17) is 5.11 Å². The molecule has 0 saturated heterocycles. The van der Waals surface area contributed by atoms with E-state index in [0.717, 1.165) is 38.3 Å². The molecule has 0 radical (unpaired) electrons. The molecule has 0 rings (SSSR count). The van der Waals surface area contributed by atoms with Crippen LogP contribution in [0.3, 0.4) is 0 Å². The molecule has 7 heteroatoms. The second kappa shape index (κ2) is 12.0. The van der Waals surface area contributed by atoms with Crippen LogP contribution in [0.1, 0.15) is 0 Å². The summed E-state index contributed by atoms with van der Waals surface area (Å²) in [7, 11) is 1.90. The van der Waals surface area contributed by atoms with Crippen LogP contribution in [0.15, 0.2) is 12.2 Å². The number of aliphatic carboxylic acids is 1. The van der Waals surface area contributed by atoms with Gasteiger partial charge in [-0.05, 0) is 7.05 Å². The van der Waals surface area contributed by atoms with Gasteiger partial charge in [0.15, 0.2) is 0 Å². The molecule has 104 valence electrons. The van der Waals surface area contributed by atoms with Gasteiger partial charge in [-0.3, -0.25) is 4.79 Å². The largest absolute Gasteiger partial charge is 0.478 e. The molecule has 0 fully saturated rings. The monoisotopic (exact) mass is 258 g/mol. The van der Waals surface area contributed by atoms with Crippen molar-refractivity contribution in [2.24, 2.45) is 0 Å². The fraction of sp³-hybridized carbons (Fsp3) is 0.636. The van der Waals surface area contributed by atoms with E-state index in [1.807, 2.05) is 7.05 Å². The lowest BCUT2D eigenvalue weighted by Gasteiger charge is -2.06. The zero-order valence-electron chi connectivity index (χ0n) is 10.7. The van der Waals surface area contributed by atoms with Crippen LogP contribution in [0, 0.1) is 0 Å². The van der Waals surface area contributed by atoms with E-state index in [-0.39, 0.29) is 0 Å². The molecule has 7 nitrogen and oxygen atoms in total. The third kappa shape index (κ3) is 12.6. The molecule has 0 aromatic heterocycles. The average molecular weight is 258 g/mol. The number of nitrogens with one attached hydrogen (secondary N) is 4. The molecular formula is C11H22N4O3. The van der Waals surface area contributed by atoms with Gasteiger partial charge < -0.3 is 26.4 Å². The summed E-state index contributed by atoms with van der Waals surface area (Å²) < 4.78 is 0. The van der Waals surface area contributed by atoms with Crippen LogP contribution in [0.25, 0.3) is 0 Å². The number of rotatable bonds is 11. The van der Waals surface area contributed by atoms with Crippen LogP contribution in [-0.2, 0) is 9.59 Å². The van der Waals surface area contributed by atoms with E-state index < -0.39 is 11.9 Å². The van der Waals surface area contributed by atoms with E-state index >= 15 is 0 Å². The highest BCUT2D eigenvalue weighted by Gasteiger charge is 1.95. The summed E-state index contributed by atoms with van der Waals surface area (Å²) in [6.07, 6.45) is 1.82. The number of hydrogen-bond donors (Lipinski definition) is 5. The highest BCUT2D eigenvalue weighted by molar-refractivity contribution is 5.93. The minimum atomic E-state index is -1.13. The maximum Gasteiger partial charge on any atom is 0.328 e. The second-order valence-corrected chi connectivity index (χ2v) is 3.57. The maximum absolute atomic E-state index is 11.0. The molecule has 0 aromatic carbocycles. The number of hydrogen-bond acceptors (Lipinski definition) is 5. The Morgan fingerprint density at radius 1 is 0.944 bits per heavy atom. The van der Waals surface area contributed by atoms with Crippen molar-refractivity contribution in [2.45, 2.75) is 0 Å². The lowest BCUT2D eigenvalue weighted by Crippen LogP contribution is -2.35. The van der Waals surface area contributed by atoms with Gasteiger partial charge in [-0.15, -0.1) is 0 Å². The first-order valence-corrected chi connectivity index (χ1v) is 5.91. The van der Waals surface area contributed by atoms with Crippen LogP contribution in [-0.4, -0.2) is 63.3 Å². The Labute approximate surface area is 107 Å². The summed E-state index contributed by atoms with van der Waals surface area (Å²) in [5.41, 5.74) is 0. The van der Waals surface area contributed by atoms with Gasteiger partial charge in [-0.2, -0.15) is 0 Å². The molecule has 0 atom stereocenters. The highest BCUT2D eigenvalue weighted by atomic mass is 16.4. The topological polar surface area (TPSA) is 102 Å². The highest BCUT2D eigenvalue weighted by Crippen LogP contribution is 1.73. The fourth-order valence-electron chi connectivity index (χ4n) is 1.12. The lowest BCUT2D eigenvalue weighted by atomic mass is 10.4. The predicted octanol–water partition coefficient (Wildman–Crippen LogP) is -1.86. The van der Waals surface area contributed by atoms with E-state index in [0.29, 0.717) is 13.1 Å². The Morgan fingerprint density at radius 3 is 2.06 bits per heavy atom. The number of carboxylic acids is 1. The van der Waals surface area contributed by atoms with Crippen LogP contribution in [0.5, 0.6) is 0 Å². The SMILES string of the molecule is CNCCNCCNCCNC(=O)/C=C/C(=O)O. The molecule has 0 aliphatic rings. The van der Waals surface area contributed by atoms with Crippen LogP contribution < -0.4 is 21.3 Å². The van der Waals surface area contributed by atoms with Crippen molar-refractivity contribution in [2.75, 3.05) is 46.3 Å². The molecule has 5 N–H and O–H groups in total. The van der Waals surface area contributed by atoms with Gasteiger partial charge in [0.1, 0.15) is 0 Å². The minimum Gasteiger partial charge on any atom is -0.478 e. The number of amides is 1. The summed E-state index contributed by atoms with van der Waals surface area (Å²) in [4.78, 5) is 21.2. The van der Waals surface area contributed by atoms with E-state index in [1.54, 1.807) is 0 Å². The van der Waals surface area contributed by atoms with Gasteiger partial charge in [-0.25, -0.2) is 4.79 Å². The summed E-state index contributed by atoms with van der Waals surface area (Å²) in [5.74, 6) is -1.53. The van der Waals surface area contributed by atoms with Gasteiger partial charge in [0.05, 0.1) is 0 Å². The molecular weight excluding hydrogens is 236 g/mol. The van der Waals surface area contributed by atoms with Gasteiger partial charge in [-0.1, -0.05) is 0 Å². The number of likely N-dealkylation sites (N-methyl/N-ethyl adjacent to an activating group) is 1. The zero-order valence-corrected chi connectivity index (χ0v) is 10.7. The Bertz CT molecular complexity index is 269. The van der Waals surface area contributed by atoms with Crippen molar-refractivity contribution in [3.63, 3.8) is 0 Å². The summed E-state index contributed by atoms with van der Waals surface area (Å²) in [6.45, 7) is 4.68. The minimum absolute atomic E-state index is 0.397. The molecule has 0 saturated carbocycles. The van der Waals surface area contributed by atoms with Crippen molar-refractivity contribution in [3.8, 4) is 0 Å². The molecule has 0 heterocycles. The van der Waals surface area contributed by atoms with Crippen molar-refractivity contribution in [3.05, 3.63) is 12.2 Å². The number of carbonyl (C=O) groups is 2. The quantitative estimate of drug-likeness (QED) is 0.220. The Morgan fingerprint density at radius 2 is 1.50 bits per heavy atom. The summed E-state index contributed by atoms with van der Waals surface area (Å²) in [6, 6.07) is 0. The maximum atomic E-state index is 11.0. The molecule has 0 aromatic rings.